The van der Waals surface area contributed by atoms with Crippen molar-refractivity contribution < 1.29 is 8.78 Å². The third kappa shape index (κ3) is 1.91. The number of imidazole rings is 1. The molecule has 20 heavy (non-hydrogen) atoms. The van der Waals surface area contributed by atoms with Gasteiger partial charge < -0.3 is 10.7 Å². The first kappa shape index (κ1) is 12.6. The van der Waals surface area contributed by atoms with E-state index in [-0.39, 0.29) is 5.69 Å². The van der Waals surface area contributed by atoms with Crippen molar-refractivity contribution in [2.75, 3.05) is 5.73 Å². The van der Waals surface area contributed by atoms with Crippen molar-refractivity contribution in [3.05, 3.63) is 47.0 Å². The van der Waals surface area contributed by atoms with E-state index in [1.54, 1.807) is 0 Å². The molecule has 0 amide bonds. The molecule has 102 valence electrons. The Bertz CT molecular complexity index is 783. The van der Waals surface area contributed by atoms with E-state index < -0.39 is 11.6 Å². The van der Waals surface area contributed by atoms with E-state index in [2.05, 4.69) is 9.97 Å². The third-order valence-corrected chi connectivity index (χ3v) is 3.44. The fourth-order valence-corrected chi connectivity index (χ4v) is 2.16. The number of rotatable bonds is 1. The van der Waals surface area contributed by atoms with Crippen LogP contribution < -0.4 is 5.73 Å². The lowest BCUT2D eigenvalue weighted by Gasteiger charge is -2.03. The number of nitrogens with one attached hydrogen (secondary N) is 1. The summed E-state index contributed by atoms with van der Waals surface area (Å²) in [5, 5.41) is 0. The molecule has 3 aromatic rings. The summed E-state index contributed by atoms with van der Waals surface area (Å²) in [4.78, 5) is 7.48. The van der Waals surface area contributed by atoms with Gasteiger partial charge in [0.05, 0.1) is 11.0 Å². The first-order valence-electron chi connectivity index (χ1n) is 6.17. The lowest BCUT2D eigenvalue weighted by atomic mass is 10.1. The monoisotopic (exact) mass is 273 g/mol. The number of hydrogen-bond acceptors (Lipinski definition) is 2. The van der Waals surface area contributed by atoms with Crippen molar-refractivity contribution >= 4 is 16.7 Å². The van der Waals surface area contributed by atoms with Gasteiger partial charge in [0.15, 0.2) is 11.6 Å². The summed E-state index contributed by atoms with van der Waals surface area (Å²) in [6.45, 7) is 4.00. The van der Waals surface area contributed by atoms with Gasteiger partial charge in [-0.1, -0.05) is 0 Å². The summed E-state index contributed by atoms with van der Waals surface area (Å²) in [5.41, 5.74) is 10.1. The summed E-state index contributed by atoms with van der Waals surface area (Å²) >= 11 is 0. The van der Waals surface area contributed by atoms with Crippen molar-refractivity contribution in [2.24, 2.45) is 0 Å². The zero-order chi connectivity index (χ0) is 14.4. The van der Waals surface area contributed by atoms with Gasteiger partial charge in [-0.25, -0.2) is 13.8 Å². The molecule has 0 aliphatic carbocycles. The van der Waals surface area contributed by atoms with Crippen molar-refractivity contribution in [2.45, 2.75) is 13.8 Å². The van der Waals surface area contributed by atoms with Crippen molar-refractivity contribution in [3.8, 4) is 11.4 Å². The first-order valence-corrected chi connectivity index (χ1v) is 6.17. The van der Waals surface area contributed by atoms with Crippen LogP contribution in [0.4, 0.5) is 14.5 Å². The number of halogens is 2. The van der Waals surface area contributed by atoms with E-state index in [4.69, 9.17) is 5.73 Å². The fraction of sp³-hybridized carbons (Fsp3) is 0.133. The molecule has 1 heterocycles. The Morgan fingerprint density at radius 3 is 2.40 bits per heavy atom. The summed E-state index contributed by atoms with van der Waals surface area (Å²) in [6.07, 6.45) is 0. The van der Waals surface area contributed by atoms with Gasteiger partial charge in [-0.15, -0.1) is 0 Å². The van der Waals surface area contributed by atoms with Crippen LogP contribution in [0.5, 0.6) is 0 Å². The number of nitrogens with zero attached hydrogens (tertiary/aromatic N) is 1. The molecule has 2 aromatic carbocycles. The Labute approximate surface area is 114 Å². The summed E-state index contributed by atoms with van der Waals surface area (Å²) < 4.78 is 26.5. The van der Waals surface area contributed by atoms with Crippen LogP contribution in [-0.4, -0.2) is 9.97 Å². The molecule has 0 atom stereocenters. The summed E-state index contributed by atoms with van der Waals surface area (Å²) in [6, 6.07) is 5.94. The normalized spacial score (nSPS) is 11.2. The molecular weight excluding hydrogens is 260 g/mol. The van der Waals surface area contributed by atoms with Crippen LogP contribution in [0.1, 0.15) is 11.1 Å². The average molecular weight is 273 g/mol. The minimum Gasteiger partial charge on any atom is -0.398 e. The quantitative estimate of drug-likeness (QED) is 0.664. The van der Waals surface area contributed by atoms with E-state index in [0.717, 1.165) is 34.3 Å². The lowest BCUT2D eigenvalue weighted by molar-refractivity contribution is 0.509. The molecule has 0 bridgehead atoms. The number of H-pyrrole nitrogens is 1. The highest BCUT2D eigenvalue weighted by Crippen LogP contribution is 2.28. The molecule has 0 spiro atoms. The molecular formula is C15H13F2N3. The minimum absolute atomic E-state index is 0.149. The largest absolute Gasteiger partial charge is 0.398 e. The number of aromatic nitrogens is 2. The molecule has 0 aliphatic heterocycles. The van der Waals surface area contributed by atoms with Gasteiger partial charge in [0.1, 0.15) is 5.82 Å². The highest BCUT2D eigenvalue weighted by atomic mass is 19.2. The second kappa shape index (κ2) is 4.30. The molecule has 0 fully saturated rings. The number of anilines is 1. The molecule has 5 heteroatoms. The standard InChI is InChI=1S/C15H13F2N3/c1-7-3-13-14(4-8(7)2)20-15(19-13)9-5-10(16)11(17)6-12(9)18/h3-6H,18H2,1-2H3,(H,19,20). The number of aromatic amines is 1. The summed E-state index contributed by atoms with van der Waals surface area (Å²) in [5.74, 6) is -1.47. The molecule has 0 unspecified atom stereocenters. The number of benzene rings is 2. The van der Waals surface area contributed by atoms with Crippen LogP contribution in [-0.2, 0) is 0 Å². The maximum Gasteiger partial charge on any atom is 0.160 e. The minimum atomic E-state index is -0.964. The smallest absolute Gasteiger partial charge is 0.160 e. The van der Waals surface area contributed by atoms with Crippen LogP contribution in [0.2, 0.25) is 0 Å². The summed E-state index contributed by atoms with van der Waals surface area (Å²) in [7, 11) is 0. The zero-order valence-corrected chi connectivity index (χ0v) is 11.1. The fourth-order valence-electron chi connectivity index (χ4n) is 2.16. The van der Waals surface area contributed by atoms with Crippen LogP contribution in [0, 0.1) is 25.5 Å². The SMILES string of the molecule is Cc1cc2nc(-c3cc(F)c(F)cc3N)[nH]c2cc1C. The van der Waals surface area contributed by atoms with E-state index in [0.29, 0.717) is 11.4 Å². The molecule has 1 aromatic heterocycles. The van der Waals surface area contributed by atoms with Crippen LogP contribution in [0.15, 0.2) is 24.3 Å². The molecule has 3 N–H and O–H groups in total. The highest BCUT2D eigenvalue weighted by molar-refractivity contribution is 5.83. The number of nitrogens with two attached hydrogens (primary N) is 1. The van der Waals surface area contributed by atoms with Crippen molar-refractivity contribution in [1.82, 2.24) is 9.97 Å². The third-order valence-electron chi connectivity index (χ3n) is 3.44. The Morgan fingerprint density at radius 1 is 1.00 bits per heavy atom. The van der Waals surface area contributed by atoms with Gasteiger partial charge in [-0.05, 0) is 43.2 Å². The maximum atomic E-state index is 13.4. The van der Waals surface area contributed by atoms with E-state index in [9.17, 15) is 8.78 Å². The number of nitrogen functional groups attached to an aromatic ring is 1. The van der Waals surface area contributed by atoms with Gasteiger partial charge >= 0.3 is 0 Å². The number of hydrogen-bond donors (Lipinski definition) is 2. The second-order valence-corrected chi connectivity index (χ2v) is 4.89. The Morgan fingerprint density at radius 2 is 1.65 bits per heavy atom. The predicted molar refractivity (Wildman–Crippen MR) is 75.3 cm³/mol. The van der Waals surface area contributed by atoms with E-state index >= 15 is 0 Å². The average Bonchev–Trinajstić information content (AvgIpc) is 2.77. The molecule has 0 radical (unpaired) electrons. The predicted octanol–water partition coefficient (Wildman–Crippen LogP) is 3.71. The van der Waals surface area contributed by atoms with Gasteiger partial charge in [0.25, 0.3) is 0 Å². The van der Waals surface area contributed by atoms with Crippen LogP contribution >= 0.6 is 0 Å². The molecule has 0 aliphatic rings. The Kier molecular flexibility index (Phi) is 2.71. The van der Waals surface area contributed by atoms with Gasteiger partial charge in [-0.2, -0.15) is 0 Å². The van der Waals surface area contributed by atoms with E-state index in [1.165, 1.54) is 0 Å². The number of aryl methyl sites for hydroxylation is 2. The van der Waals surface area contributed by atoms with E-state index in [1.807, 2.05) is 26.0 Å². The van der Waals surface area contributed by atoms with Crippen molar-refractivity contribution in [3.63, 3.8) is 0 Å². The molecule has 3 nitrogen and oxygen atoms in total. The van der Waals surface area contributed by atoms with Gasteiger partial charge in [0.2, 0.25) is 0 Å². The van der Waals surface area contributed by atoms with Gasteiger partial charge in [0, 0.05) is 17.3 Å². The topological polar surface area (TPSA) is 54.7 Å². The lowest BCUT2D eigenvalue weighted by Crippen LogP contribution is -1.95. The highest BCUT2D eigenvalue weighted by Gasteiger charge is 2.13. The van der Waals surface area contributed by atoms with Gasteiger partial charge in [-0.3, -0.25) is 0 Å². The Balaban J connectivity index is 2.22. The van der Waals surface area contributed by atoms with Crippen molar-refractivity contribution in [1.29, 1.82) is 0 Å². The molecule has 0 saturated carbocycles. The maximum absolute atomic E-state index is 13.4. The molecule has 3 rings (SSSR count). The first-order chi connectivity index (χ1) is 9.45. The molecule has 0 saturated heterocycles. The van der Waals surface area contributed by atoms with Crippen LogP contribution in [0.3, 0.4) is 0 Å². The van der Waals surface area contributed by atoms with Crippen LogP contribution in [0.25, 0.3) is 22.4 Å². The number of fused-ring (bicyclic) bond motifs is 1. The second-order valence-electron chi connectivity index (χ2n) is 4.89. The zero-order valence-electron chi connectivity index (χ0n) is 11.1. The Hall–Kier alpha value is -2.43.